The molecule has 1 aromatic carbocycles. The van der Waals surface area contributed by atoms with E-state index in [0.717, 1.165) is 5.56 Å². The lowest BCUT2D eigenvalue weighted by Crippen LogP contribution is -2.31. The Balaban J connectivity index is 1.74. The summed E-state index contributed by atoms with van der Waals surface area (Å²) in [5, 5.41) is 11.7. The van der Waals surface area contributed by atoms with Gasteiger partial charge in [0, 0.05) is 6.20 Å². The minimum atomic E-state index is -0.718. The fourth-order valence-electron chi connectivity index (χ4n) is 2.17. The molecule has 0 aliphatic heterocycles. The molecule has 0 spiro atoms. The number of aromatic nitrogens is 3. The van der Waals surface area contributed by atoms with Gasteiger partial charge in [0.2, 0.25) is 0 Å². The standard InChI is InChI=1S/C15H13ClFN5O/c1-8(9-5-3-2-4-6-9)19-15(23)20-14-11(17)12-10(7-18-14)13(16)22-21-12/h2-8H,1H3,(H,21,22)(H2,18,19,20,23). The number of hydrogen-bond donors (Lipinski definition) is 3. The second-order valence-corrected chi connectivity index (χ2v) is 5.31. The van der Waals surface area contributed by atoms with Gasteiger partial charge in [0.05, 0.1) is 11.4 Å². The van der Waals surface area contributed by atoms with Crippen LogP contribution in [0.15, 0.2) is 36.5 Å². The normalized spacial score (nSPS) is 12.1. The lowest BCUT2D eigenvalue weighted by atomic mass is 10.1. The Labute approximate surface area is 136 Å². The average Bonchev–Trinajstić information content (AvgIpc) is 2.93. The van der Waals surface area contributed by atoms with Gasteiger partial charge in [-0.2, -0.15) is 5.10 Å². The molecule has 23 heavy (non-hydrogen) atoms. The van der Waals surface area contributed by atoms with E-state index in [-0.39, 0.29) is 22.5 Å². The summed E-state index contributed by atoms with van der Waals surface area (Å²) in [5.74, 6) is -0.917. The van der Waals surface area contributed by atoms with Crippen molar-refractivity contribution in [2.75, 3.05) is 5.32 Å². The van der Waals surface area contributed by atoms with Crippen LogP contribution in [0.25, 0.3) is 10.9 Å². The number of rotatable bonds is 3. The number of aromatic amines is 1. The number of urea groups is 1. The van der Waals surface area contributed by atoms with Crippen molar-refractivity contribution in [3.63, 3.8) is 0 Å². The first-order valence-electron chi connectivity index (χ1n) is 6.87. The highest BCUT2D eigenvalue weighted by Crippen LogP contribution is 2.25. The molecular formula is C15H13ClFN5O. The molecular weight excluding hydrogens is 321 g/mol. The van der Waals surface area contributed by atoms with Crippen LogP contribution in [0.2, 0.25) is 5.15 Å². The van der Waals surface area contributed by atoms with E-state index >= 15 is 0 Å². The molecule has 2 aromatic heterocycles. The van der Waals surface area contributed by atoms with Crippen molar-refractivity contribution in [2.24, 2.45) is 0 Å². The molecule has 3 aromatic rings. The second-order valence-electron chi connectivity index (χ2n) is 4.95. The predicted octanol–water partition coefficient (Wildman–Crippen LogP) is 3.63. The molecule has 6 nitrogen and oxygen atoms in total. The Morgan fingerprint density at radius 1 is 1.35 bits per heavy atom. The molecule has 1 atom stereocenters. The fourth-order valence-corrected chi connectivity index (χ4v) is 2.36. The van der Waals surface area contributed by atoms with Crippen molar-refractivity contribution in [2.45, 2.75) is 13.0 Å². The number of pyridine rings is 1. The van der Waals surface area contributed by atoms with Crippen molar-refractivity contribution in [1.29, 1.82) is 0 Å². The lowest BCUT2D eigenvalue weighted by Gasteiger charge is -2.15. The first kappa shape index (κ1) is 15.2. The highest BCUT2D eigenvalue weighted by atomic mass is 35.5. The lowest BCUT2D eigenvalue weighted by molar-refractivity contribution is 0.249. The zero-order valence-corrected chi connectivity index (χ0v) is 12.9. The summed E-state index contributed by atoms with van der Waals surface area (Å²) in [5.41, 5.74) is 1.03. The Kier molecular flexibility index (Phi) is 4.12. The van der Waals surface area contributed by atoms with Crippen LogP contribution >= 0.6 is 11.6 Å². The number of anilines is 1. The first-order chi connectivity index (χ1) is 11.1. The fraction of sp³-hybridized carbons (Fsp3) is 0.133. The number of halogens is 2. The number of fused-ring (bicyclic) bond motifs is 1. The third-order valence-corrected chi connectivity index (χ3v) is 3.67. The van der Waals surface area contributed by atoms with Crippen LogP contribution in [-0.2, 0) is 0 Å². The third-order valence-electron chi connectivity index (χ3n) is 3.39. The van der Waals surface area contributed by atoms with Crippen LogP contribution in [0.3, 0.4) is 0 Å². The highest BCUT2D eigenvalue weighted by molar-refractivity contribution is 6.34. The van der Waals surface area contributed by atoms with Gasteiger partial charge in [-0.1, -0.05) is 41.9 Å². The molecule has 8 heteroatoms. The average molecular weight is 334 g/mol. The molecule has 3 rings (SSSR count). The van der Waals surface area contributed by atoms with Gasteiger partial charge in [-0.3, -0.25) is 10.4 Å². The number of hydrogen-bond acceptors (Lipinski definition) is 3. The monoisotopic (exact) mass is 333 g/mol. The molecule has 1 unspecified atom stereocenters. The minimum Gasteiger partial charge on any atom is -0.331 e. The molecule has 2 amide bonds. The molecule has 0 aliphatic rings. The van der Waals surface area contributed by atoms with E-state index in [9.17, 15) is 9.18 Å². The van der Waals surface area contributed by atoms with E-state index in [1.807, 2.05) is 37.3 Å². The van der Waals surface area contributed by atoms with Gasteiger partial charge in [0.15, 0.2) is 16.8 Å². The van der Waals surface area contributed by atoms with E-state index in [4.69, 9.17) is 11.6 Å². The van der Waals surface area contributed by atoms with Crippen LogP contribution in [0.5, 0.6) is 0 Å². The maximum atomic E-state index is 14.3. The summed E-state index contributed by atoms with van der Waals surface area (Å²) in [6.45, 7) is 1.83. The van der Waals surface area contributed by atoms with Gasteiger partial charge in [-0.15, -0.1) is 0 Å². The third kappa shape index (κ3) is 3.09. The predicted molar refractivity (Wildman–Crippen MR) is 85.9 cm³/mol. The SMILES string of the molecule is CC(NC(=O)Nc1ncc2c(Cl)n[nH]c2c1F)c1ccccc1. The van der Waals surface area contributed by atoms with Crippen molar-refractivity contribution in [3.05, 3.63) is 53.1 Å². The maximum absolute atomic E-state index is 14.3. The molecule has 2 heterocycles. The summed E-state index contributed by atoms with van der Waals surface area (Å²) in [6.07, 6.45) is 1.35. The Bertz CT molecular complexity index is 852. The van der Waals surface area contributed by atoms with E-state index < -0.39 is 11.8 Å². The van der Waals surface area contributed by atoms with E-state index in [1.54, 1.807) is 0 Å². The zero-order chi connectivity index (χ0) is 16.4. The molecule has 0 saturated carbocycles. The molecule has 118 valence electrons. The second kappa shape index (κ2) is 6.21. The molecule has 3 N–H and O–H groups in total. The number of nitrogens with one attached hydrogen (secondary N) is 3. The summed E-state index contributed by atoms with van der Waals surface area (Å²) in [7, 11) is 0. The number of nitrogens with zero attached hydrogens (tertiary/aromatic N) is 2. The Morgan fingerprint density at radius 3 is 2.83 bits per heavy atom. The quantitative estimate of drug-likeness (QED) is 0.684. The highest BCUT2D eigenvalue weighted by Gasteiger charge is 2.16. The van der Waals surface area contributed by atoms with E-state index in [0.29, 0.717) is 5.39 Å². The topological polar surface area (TPSA) is 82.7 Å². The van der Waals surface area contributed by atoms with Crippen molar-refractivity contribution < 1.29 is 9.18 Å². The van der Waals surface area contributed by atoms with Crippen LogP contribution < -0.4 is 10.6 Å². The number of carbonyl (C=O) groups excluding carboxylic acids is 1. The Morgan fingerprint density at radius 2 is 2.09 bits per heavy atom. The van der Waals surface area contributed by atoms with Crippen molar-refractivity contribution in [1.82, 2.24) is 20.5 Å². The zero-order valence-electron chi connectivity index (χ0n) is 12.1. The maximum Gasteiger partial charge on any atom is 0.320 e. The molecule has 0 bridgehead atoms. The van der Waals surface area contributed by atoms with Gasteiger partial charge < -0.3 is 5.32 Å². The van der Waals surface area contributed by atoms with Gasteiger partial charge in [-0.25, -0.2) is 14.2 Å². The number of benzene rings is 1. The molecule has 0 radical (unpaired) electrons. The van der Waals surface area contributed by atoms with Gasteiger partial charge in [-0.05, 0) is 12.5 Å². The van der Waals surface area contributed by atoms with Crippen LogP contribution in [0.4, 0.5) is 15.0 Å². The number of carbonyl (C=O) groups is 1. The summed E-state index contributed by atoms with van der Waals surface area (Å²) >= 11 is 5.79. The first-order valence-corrected chi connectivity index (χ1v) is 7.24. The van der Waals surface area contributed by atoms with Crippen LogP contribution in [0.1, 0.15) is 18.5 Å². The van der Waals surface area contributed by atoms with Crippen molar-refractivity contribution >= 4 is 34.4 Å². The van der Waals surface area contributed by atoms with Crippen molar-refractivity contribution in [3.8, 4) is 0 Å². The van der Waals surface area contributed by atoms with E-state index in [2.05, 4.69) is 25.8 Å². The Hall–Kier alpha value is -2.67. The summed E-state index contributed by atoms with van der Waals surface area (Å²) < 4.78 is 14.3. The molecule has 0 aliphatic carbocycles. The number of H-pyrrole nitrogens is 1. The summed E-state index contributed by atoms with van der Waals surface area (Å²) in [6, 6.07) is 8.64. The largest absolute Gasteiger partial charge is 0.331 e. The van der Waals surface area contributed by atoms with Crippen LogP contribution in [-0.4, -0.2) is 21.2 Å². The number of amides is 2. The van der Waals surface area contributed by atoms with E-state index in [1.165, 1.54) is 6.20 Å². The molecule has 0 saturated heterocycles. The smallest absolute Gasteiger partial charge is 0.320 e. The van der Waals surface area contributed by atoms with Gasteiger partial charge in [0.1, 0.15) is 5.52 Å². The van der Waals surface area contributed by atoms with Gasteiger partial charge >= 0.3 is 6.03 Å². The summed E-state index contributed by atoms with van der Waals surface area (Å²) in [4.78, 5) is 15.9. The molecule has 0 fully saturated rings. The van der Waals surface area contributed by atoms with Crippen LogP contribution in [0, 0.1) is 5.82 Å². The van der Waals surface area contributed by atoms with Gasteiger partial charge in [0.25, 0.3) is 0 Å². The minimum absolute atomic E-state index is 0.0939.